The van der Waals surface area contributed by atoms with E-state index >= 15 is 0 Å². The van der Waals surface area contributed by atoms with Crippen LogP contribution in [0.4, 0.5) is 0 Å². The molecular formula is C32H44O6Si. The molecule has 1 heterocycles. The van der Waals surface area contributed by atoms with Crippen molar-refractivity contribution in [3.63, 3.8) is 0 Å². The van der Waals surface area contributed by atoms with E-state index in [-0.39, 0.29) is 46.9 Å². The van der Waals surface area contributed by atoms with Crippen LogP contribution in [0.15, 0.2) is 42.5 Å². The maximum Gasteiger partial charge on any atom is 0.319 e. The van der Waals surface area contributed by atoms with Gasteiger partial charge < -0.3 is 18.6 Å². The largest absolute Gasteiger partial charge is 0.469 e. The van der Waals surface area contributed by atoms with Crippen molar-refractivity contribution in [3.05, 3.63) is 48.0 Å². The number of rotatable bonds is 7. The molecule has 0 unspecified atom stereocenters. The minimum atomic E-state index is -2.00. The number of esters is 2. The van der Waals surface area contributed by atoms with Crippen LogP contribution in [0.5, 0.6) is 0 Å². The molecule has 8 atom stereocenters. The average Bonchev–Trinajstić information content (AvgIpc) is 3.34. The number of hydrogen-bond acceptors (Lipinski definition) is 6. The summed E-state index contributed by atoms with van der Waals surface area (Å²) < 4.78 is 25.4. The van der Waals surface area contributed by atoms with Crippen LogP contribution in [0.3, 0.4) is 0 Å². The lowest BCUT2D eigenvalue weighted by Crippen LogP contribution is -2.48. The van der Waals surface area contributed by atoms with E-state index in [0.29, 0.717) is 18.9 Å². The van der Waals surface area contributed by atoms with Crippen LogP contribution in [0, 0.1) is 34.5 Å². The van der Waals surface area contributed by atoms with Gasteiger partial charge in [0.05, 0.1) is 26.2 Å². The third-order valence-corrected chi connectivity index (χ3v) is 16.1. The predicted octanol–water partition coefficient (Wildman–Crippen LogP) is 6.06. The van der Waals surface area contributed by atoms with Gasteiger partial charge in [-0.1, -0.05) is 63.3 Å². The summed E-state index contributed by atoms with van der Waals surface area (Å²) in [7, 11) is -0.515. The number of benzene rings is 1. The van der Waals surface area contributed by atoms with Crippen LogP contribution in [0.2, 0.25) is 18.1 Å². The molecule has 0 radical (unpaired) electrons. The zero-order chi connectivity index (χ0) is 27.8. The molecule has 1 saturated heterocycles. The second-order valence-corrected chi connectivity index (χ2v) is 19.2. The Hall–Kier alpha value is -1.96. The number of carbonyl (C=O) groups is 2. The van der Waals surface area contributed by atoms with Gasteiger partial charge in [-0.25, -0.2) is 0 Å². The fourth-order valence-electron chi connectivity index (χ4n) is 9.02. The second-order valence-electron chi connectivity index (χ2n) is 14.4. The molecule has 1 aromatic carbocycles. The standard InChI is InChI=1S/C32H44O6Si/c1-29(2,3)39(5,6)38-23-18-31-17-22(23)13-14-24(31)32-16-10-15-30(28(34)37-32,26(32)25(31)27(33)35-4)20-36-19-21-11-8-7-9-12-21/h7-12,15,22-26H,13-14,16-20H2,1-6H3/t22-,23+,24-,25-,26-,30-,31-,32-/m1/s1. The molecule has 4 bridgehead atoms. The molecule has 0 N–H and O–H groups in total. The molecule has 1 aliphatic heterocycles. The van der Waals surface area contributed by atoms with E-state index < -0.39 is 25.3 Å². The SMILES string of the molecule is COC(=O)[C@H]1[C@H]2[C@@]3(CC=C[C@]2(COCc2ccccc2)C(=O)O3)[C@@H]2CC[C@@H]3C[C@@]21C[C@@H]3O[Si](C)(C)C(C)(C)C. The maximum atomic E-state index is 13.8. The summed E-state index contributed by atoms with van der Waals surface area (Å²) in [5.74, 6) is -0.616. The number of hydrogen-bond donors (Lipinski definition) is 0. The minimum Gasteiger partial charge on any atom is -0.469 e. The molecule has 4 aliphatic carbocycles. The molecule has 1 aromatic rings. The first kappa shape index (κ1) is 27.2. The van der Waals surface area contributed by atoms with Crippen molar-refractivity contribution in [3.8, 4) is 0 Å². The zero-order valence-corrected chi connectivity index (χ0v) is 25.3. The van der Waals surface area contributed by atoms with Gasteiger partial charge in [0.15, 0.2) is 8.32 Å². The molecule has 1 spiro atoms. The molecule has 0 amide bonds. The Balaban J connectivity index is 1.36. The molecule has 0 aromatic heterocycles. The van der Waals surface area contributed by atoms with Crippen molar-refractivity contribution < 1.29 is 28.2 Å². The van der Waals surface area contributed by atoms with E-state index in [1.165, 1.54) is 7.11 Å². The van der Waals surface area contributed by atoms with Gasteiger partial charge in [0.2, 0.25) is 0 Å². The Morgan fingerprint density at radius 2 is 1.87 bits per heavy atom. The second kappa shape index (κ2) is 9.02. The Labute approximate surface area is 233 Å². The highest BCUT2D eigenvalue weighted by atomic mass is 28.4. The lowest BCUT2D eigenvalue weighted by Gasteiger charge is -2.43. The molecule has 5 aliphatic rings. The lowest BCUT2D eigenvalue weighted by molar-refractivity contribution is -0.162. The van der Waals surface area contributed by atoms with Gasteiger partial charge in [-0.3, -0.25) is 9.59 Å². The Morgan fingerprint density at radius 3 is 2.56 bits per heavy atom. The molecule has 4 fully saturated rings. The molecule has 6 rings (SSSR count). The normalized spacial score (nSPS) is 40.3. The quantitative estimate of drug-likeness (QED) is 0.233. The first-order chi connectivity index (χ1) is 18.4. The highest BCUT2D eigenvalue weighted by Crippen LogP contribution is 2.77. The lowest BCUT2D eigenvalue weighted by atomic mass is 9.62. The van der Waals surface area contributed by atoms with Gasteiger partial charge in [0.1, 0.15) is 11.0 Å². The van der Waals surface area contributed by atoms with Crippen LogP contribution < -0.4 is 0 Å². The minimum absolute atomic E-state index is 0.115. The Morgan fingerprint density at radius 1 is 1.13 bits per heavy atom. The fraction of sp³-hybridized carbons (Fsp3) is 0.688. The molecule has 6 nitrogen and oxygen atoms in total. The van der Waals surface area contributed by atoms with Gasteiger partial charge >= 0.3 is 11.9 Å². The monoisotopic (exact) mass is 552 g/mol. The highest BCUT2D eigenvalue weighted by Gasteiger charge is 2.82. The van der Waals surface area contributed by atoms with E-state index in [0.717, 1.165) is 31.2 Å². The predicted molar refractivity (Wildman–Crippen MR) is 150 cm³/mol. The first-order valence-electron chi connectivity index (χ1n) is 14.7. The van der Waals surface area contributed by atoms with E-state index in [4.69, 9.17) is 18.6 Å². The molecular weight excluding hydrogens is 508 g/mol. The molecule has 212 valence electrons. The van der Waals surface area contributed by atoms with Crippen molar-refractivity contribution >= 4 is 20.3 Å². The van der Waals surface area contributed by atoms with E-state index in [9.17, 15) is 9.59 Å². The van der Waals surface area contributed by atoms with Crippen molar-refractivity contribution in [2.24, 2.45) is 34.5 Å². The van der Waals surface area contributed by atoms with Crippen molar-refractivity contribution in [2.75, 3.05) is 13.7 Å². The van der Waals surface area contributed by atoms with Crippen LogP contribution in [0.1, 0.15) is 58.4 Å². The van der Waals surface area contributed by atoms with Gasteiger partial charge in [-0.2, -0.15) is 0 Å². The number of methoxy groups -OCH3 is 1. The number of carbonyl (C=O) groups excluding carboxylic acids is 2. The van der Waals surface area contributed by atoms with Crippen LogP contribution in [-0.2, 0) is 34.8 Å². The summed E-state index contributed by atoms with van der Waals surface area (Å²) in [4.78, 5) is 27.6. The van der Waals surface area contributed by atoms with Gasteiger partial charge in [0, 0.05) is 24.4 Å². The van der Waals surface area contributed by atoms with Gasteiger partial charge in [-0.05, 0) is 60.7 Å². The van der Waals surface area contributed by atoms with Crippen molar-refractivity contribution in [1.82, 2.24) is 0 Å². The molecule has 39 heavy (non-hydrogen) atoms. The van der Waals surface area contributed by atoms with Crippen LogP contribution in [-0.4, -0.2) is 45.7 Å². The number of fused-ring (bicyclic) bond motifs is 1. The van der Waals surface area contributed by atoms with Gasteiger partial charge in [-0.15, -0.1) is 0 Å². The van der Waals surface area contributed by atoms with E-state index in [2.05, 4.69) is 39.9 Å². The summed E-state index contributed by atoms with van der Waals surface area (Å²) in [6.45, 7) is 12.1. The molecule has 7 heteroatoms. The zero-order valence-electron chi connectivity index (χ0n) is 24.3. The topological polar surface area (TPSA) is 71.1 Å². The molecule has 3 saturated carbocycles. The summed E-state index contributed by atoms with van der Waals surface area (Å²) >= 11 is 0. The van der Waals surface area contributed by atoms with E-state index in [1.54, 1.807) is 0 Å². The Kier molecular flexibility index (Phi) is 6.29. The highest BCUT2D eigenvalue weighted by molar-refractivity contribution is 6.74. The smallest absolute Gasteiger partial charge is 0.319 e. The third kappa shape index (κ3) is 3.78. The Bertz CT molecular complexity index is 1170. The summed E-state index contributed by atoms with van der Waals surface area (Å²) in [5.41, 5.74) is -0.895. The summed E-state index contributed by atoms with van der Waals surface area (Å²) in [5, 5.41) is 0.115. The van der Waals surface area contributed by atoms with Gasteiger partial charge in [0.25, 0.3) is 0 Å². The summed E-state index contributed by atoms with van der Waals surface area (Å²) in [6.07, 6.45) is 8.68. The third-order valence-electron chi connectivity index (χ3n) is 11.6. The van der Waals surface area contributed by atoms with Crippen LogP contribution in [0.25, 0.3) is 0 Å². The first-order valence-corrected chi connectivity index (χ1v) is 17.6. The van der Waals surface area contributed by atoms with Crippen LogP contribution >= 0.6 is 0 Å². The van der Waals surface area contributed by atoms with E-state index in [1.807, 2.05) is 36.4 Å². The summed E-state index contributed by atoms with van der Waals surface area (Å²) in [6, 6.07) is 9.99. The maximum absolute atomic E-state index is 13.8. The van der Waals surface area contributed by atoms with Crippen molar-refractivity contribution in [2.45, 2.75) is 89.3 Å². The van der Waals surface area contributed by atoms with Crippen molar-refractivity contribution in [1.29, 1.82) is 0 Å². The fourth-order valence-corrected chi connectivity index (χ4v) is 10.4. The number of ether oxygens (including phenoxy) is 3. The average molecular weight is 553 g/mol.